The first-order chi connectivity index (χ1) is 15.7. The van der Waals surface area contributed by atoms with E-state index in [0.29, 0.717) is 12.3 Å². The lowest BCUT2D eigenvalue weighted by Crippen LogP contribution is -2.17. The standard InChI is InChI=1S/C30H36O2/c1-2-3-4-8-21-27(24-15-9-5-10-16-24)22-28(25-17-11-6-12-18-25)23-29(30(31)32)26-19-13-7-14-20-26/h5-7,9-20,27-29H,2-4,8,21-23H2,1H3,(H,31,32). The summed E-state index contributed by atoms with van der Waals surface area (Å²) in [4.78, 5) is 12.3. The molecule has 0 saturated heterocycles. The Labute approximate surface area is 193 Å². The number of rotatable bonds is 13. The van der Waals surface area contributed by atoms with E-state index in [2.05, 4.69) is 61.5 Å². The van der Waals surface area contributed by atoms with Crippen LogP contribution in [-0.4, -0.2) is 11.1 Å². The van der Waals surface area contributed by atoms with Gasteiger partial charge in [0.1, 0.15) is 0 Å². The number of carbonyl (C=O) groups is 1. The predicted molar refractivity (Wildman–Crippen MR) is 133 cm³/mol. The second-order valence-corrected chi connectivity index (χ2v) is 8.84. The fourth-order valence-electron chi connectivity index (χ4n) is 4.75. The van der Waals surface area contributed by atoms with Crippen molar-refractivity contribution in [2.45, 2.75) is 69.6 Å². The zero-order valence-corrected chi connectivity index (χ0v) is 19.2. The predicted octanol–water partition coefficient (Wildman–Crippen LogP) is 8.17. The van der Waals surface area contributed by atoms with Crippen molar-refractivity contribution in [1.82, 2.24) is 0 Å². The number of carboxylic acids is 1. The fourth-order valence-corrected chi connectivity index (χ4v) is 4.75. The molecule has 3 atom stereocenters. The summed E-state index contributed by atoms with van der Waals surface area (Å²) in [5.41, 5.74) is 3.50. The summed E-state index contributed by atoms with van der Waals surface area (Å²) in [7, 11) is 0. The topological polar surface area (TPSA) is 37.3 Å². The Balaban J connectivity index is 1.87. The molecule has 0 saturated carbocycles. The third kappa shape index (κ3) is 7.09. The minimum absolute atomic E-state index is 0.189. The molecule has 0 spiro atoms. The van der Waals surface area contributed by atoms with Crippen LogP contribution in [0.25, 0.3) is 0 Å². The molecular weight excluding hydrogens is 392 g/mol. The van der Waals surface area contributed by atoms with E-state index in [0.717, 1.165) is 18.4 Å². The van der Waals surface area contributed by atoms with Crippen LogP contribution < -0.4 is 0 Å². The molecule has 3 aromatic rings. The molecule has 0 bridgehead atoms. The second-order valence-electron chi connectivity index (χ2n) is 8.84. The van der Waals surface area contributed by atoms with Crippen LogP contribution in [0.5, 0.6) is 0 Å². The number of hydrogen-bond acceptors (Lipinski definition) is 1. The first-order valence-electron chi connectivity index (χ1n) is 12.1. The quantitative estimate of drug-likeness (QED) is 0.279. The molecule has 3 rings (SSSR count). The first kappa shape index (κ1) is 23.8. The molecule has 0 fully saturated rings. The summed E-state index contributed by atoms with van der Waals surface area (Å²) in [5.74, 6) is -0.619. The molecule has 0 amide bonds. The Morgan fingerprint density at radius 3 is 1.66 bits per heavy atom. The lowest BCUT2D eigenvalue weighted by molar-refractivity contribution is -0.139. The van der Waals surface area contributed by atoms with Gasteiger partial charge in [0.05, 0.1) is 5.92 Å². The van der Waals surface area contributed by atoms with Gasteiger partial charge in [-0.2, -0.15) is 0 Å². The highest BCUT2D eigenvalue weighted by Crippen LogP contribution is 2.39. The van der Waals surface area contributed by atoms with E-state index in [9.17, 15) is 9.90 Å². The van der Waals surface area contributed by atoms with E-state index in [1.165, 1.54) is 36.8 Å². The summed E-state index contributed by atoms with van der Waals surface area (Å²) < 4.78 is 0. The summed E-state index contributed by atoms with van der Waals surface area (Å²) in [5, 5.41) is 10.1. The normalized spacial score (nSPS) is 13.9. The zero-order valence-electron chi connectivity index (χ0n) is 19.2. The maximum Gasteiger partial charge on any atom is 0.310 e. The van der Waals surface area contributed by atoms with E-state index in [-0.39, 0.29) is 5.92 Å². The Morgan fingerprint density at radius 1 is 0.656 bits per heavy atom. The third-order valence-corrected chi connectivity index (χ3v) is 6.54. The van der Waals surface area contributed by atoms with Gasteiger partial charge in [-0.05, 0) is 47.8 Å². The van der Waals surface area contributed by atoms with Gasteiger partial charge in [0.15, 0.2) is 0 Å². The smallest absolute Gasteiger partial charge is 0.310 e. The van der Waals surface area contributed by atoms with Crippen LogP contribution in [-0.2, 0) is 4.79 Å². The van der Waals surface area contributed by atoms with Gasteiger partial charge in [-0.25, -0.2) is 0 Å². The van der Waals surface area contributed by atoms with Crippen LogP contribution in [0.3, 0.4) is 0 Å². The number of aliphatic carboxylic acids is 1. The van der Waals surface area contributed by atoms with Crippen LogP contribution >= 0.6 is 0 Å². The number of hydrogen-bond donors (Lipinski definition) is 1. The molecule has 168 valence electrons. The molecule has 1 N–H and O–H groups in total. The van der Waals surface area contributed by atoms with Crippen LogP contribution in [0.15, 0.2) is 91.0 Å². The van der Waals surface area contributed by atoms with Gasteiger partial charge in [0.25, 0.3) is 0 Å². The first-order valence-corrected chi connectivity index (χ1v) is 12.1. The third-order valence-electron chi connectivity index (χ3n) is 6.54. The van der Waals surface area contributed by atoms with Crippen molar-refractivity contribution in [3.05, 3.63) is 108 Å². The van der Waals surface area contributed by atoms with Crippen LogP contribution in [0.2, 0.25) is 0 Å². The largest absolute Gasteiger partial charge is 0.481 e. The van der Waals surface area contributed by atoms with Crippen molar-refractivity contribution in [1.29, 1.82) is 0 Å². The van der Waals surface area contributed by atoms with Gasteiger partial charge in [-0.1, -0.05) is 124 Å². The molecule has 3 unspecified atom stereocenters. The van der Waals surface area contributed by atoms with Gasteiger partial charge in [-0.3, -0.25) is 4.79 Å². The van der Waals surface area contributed by atoms with Crippen LogP contribution in [0.4, 0.5) is 0 Å². The molecule has 0 radical (unpaired) electrons. The SMILES string of the molecule is CCCCCCC(CC(CC(C(=O)O)c1ccccc1)c1ccccc1)c1ccccc1. The van der Waals surface area contributed by atoms with Gasteiger partial charge in [0, 0.05) is 0 Å². The Bertz CT molecular complexity index is 905. The highest BCUT2D eigenvalue weighted by molar-refractivity contribution is 5.76. The lowest BCUT2D eigenvalue weighted by atomic mass is 9.77. The monoisotopic (exact) mass is 428 g/mol. The zero-order chi connectivity index (χ0) is 22.6. The lowest BCUT2D eigenvalue weighted by Gasteiger charge is -2.27. The maximum absolute atomic E-state index is 12.3. The molecular formula is C30H36O2. The van der Waals surface area contributed by atoms with E-state index in [1.807, 2.05) is 36.4 Å². The molecule has 0 aromatic heterocycles. The highest BCUT2D eigenvalue weighted by Gasteiger charge is 2.27. The molecule has 0 aliphatic carbocycles. The number of benzene rings is 3. The number of unbranched alkanes of at least 4 members (excludes halogenated alkanes) is 3. The highest BCUT2D eigenvalue weighted by atomic mass is 16.4. The molecule has 2 heteroatoms. The average Bonchev–Trinajstić information content (AvgIpc) is 2.84. The van der Waals surface area contributed by atoms with Gasteiger partial charge in [0.2, 0.25) is 0 Å². The van der Waals surface area contributed by atoms with Crippen molar-refractivity contribution in [2.75, 3.05) is 0 Å². The maximum atomic E-state index is 12.3. The minimum Gasteiger partial charge on any atom is -0.481 e. The van der Waals surface area contributed by atoms with E-state index < -0.39 is 11.9 Å². The van der Waals surface area contributed by atoms with Crippen molar-refractivity contribution in [2.24, 2.45) is 0 Å². The van der Waals surface area contributed by atoms with Gasteiger partial charge >= 0.3 is 5.97 Å². The molecule has 0 heterocycles. The fraction of sp³-hybridized carbons (Fsp3) is 0.367. The Kier molecular flexibility index (Phi) is 9.56. The van der Waals surface area contributed by atoms with Crippen molar-refractivity contribution < 1.29 is 9.90 Å². The molecule has 0 aliphatic heterocycles. The molecule has 2 nitrogen and oxygen atoms in total. The van der Waals surface area contributed by atoms with E-state index in [1.54, 1.807) is 0 Å². The molecule has 0 aliphatic rings. The van der Waals surface area contributed by atoms with E-state index >= 15 is 0 Å². The summed E-state index contributed by atoms with van der Waals surface area (Å²) in [6.07, 6.45) is 7.72. The van der Waals surface area contributed by atoms with Crippen LogP contribution in [0, 0.1) is 0 Å². The summed E-state index contributed by atoms with van der Waals surface area (Å²) in [6, 6.07) is 31.0. The Hall–Kier alpha value is -2.87. The molecule has 32 heavy (non-hydrogen) atoms. The summed E-state index contributed by atoms with van der Waals surface area (Å²) >= 11 is 0. The second kappa shape index (κ2) is 12.9. The molecule has 3 aromatic carbocycles. The van der Waals surface area contributed by atoms with Crippen LogP contribution in [0.1, 0.15) is 86.3 Å². The van der Waals surface area contributed by atoms with Crippen molar-refractivity contribution in [3.8, 4) is 0 Å². The van der Waals surface area contributed by atoms with Gasteiger partial charge < -0.3 is 5.11 Å². The van der Waals surface area contributed by atoms with Crippen molar-refractivity contribution >= 4 is 5.97 Å². The minimum atomic E-state index is -0.740. The summed E-state index contributed by atoms with van der Waals surface area (Å²) in [6.45, 7) is 2.25. The Morgan fingerprint density at radius 2 is 1.16 bits per heavy atom. The van der Waals surface area contributed by atoms with Crippen molar-refractivity contribution in [3.63, 3.8) is 0 Å². The van der Waals surface area contributed by atoms with Gasteiger partial charge in [-0.15, -0.1) is 0 Å². The number of carboxylic acid groups (broad SMARTS) is 1. The average molecular weight is 429 g/mol. The van der Waals surface area contributed by atoms with E-state index in [4.69, 9.17) is 0 Å².